The molecule has 226 valence electrons. The van der Waals surface area contributed by atoms with Gasteiger partial charge in [0.15, 0.2) is 11.6 Å². The maximum atomic E-state index is 16.6. The normalized spacial score (nSPS) is 17.3. The van der Waals surface area contributed by atoms with Crippen LogP contribution in [-0.2, 0) is 4.79 Å². The molecule has 0 saturated carbocycles. The zero-order valence-corrected chi connectivity index (χ0v) is 24.8. The Morgan fingerprint density at radius 2 is 1.91 bits per heavy atom. The van der Waals surface area contributed by atoms with Crippen molar-refractivity contribution in [3.05, 3.63) is 77.0 Å². The third kappa shape index (κ3) is 5.06. The fraction of sp³-hybridized carbons (Fsp3) is 0.323. The molecule has 1 amide bonds. The first kappa shape index (κ1) is 29.6. The fourth-order valence-electron chi connectivity index (χ4n) is 5.79. The molecule has 0 unspecified atom stereocenters. The summed E-state index contributed by atoms with van der Waals surface area (Å²) in [6.45, 7) is 12.3. The van der Waals surface area contributed by atoms with E-state index < -0.39 is 29.4 Å². The van der Waals surface area contributed by atoms with Crippen LogP contribution in [0.2, 0.25) is 5.02 Å². The number of anilines is 2. The average molecular weight is 621 g/mol. The summed E-state index contributed by atoms with van der Waals surface area (Å²) in [5.74, 6) is -2.59. The largest absolute Gasteiger partial charge is 0.352 e. The van der Waals surface area contributed by atoms with Crippen molar-refractivity contribution in [2.75, 3.05) is 63.2 Å². The van der Waals surface area contributed by atoms with Gasteiger partial charge in [0.25, 0.3) is 5.91 Å². The van der Waals surface area contributed by atoms with Crippen molar-refractivity contribution in [3.8, 4) is 11.3 Å². The van der Waals surface area contributed by atoms with Crippen LogP contribution in [0.4, 0.5) is 24.9 Å². The van der Waals surface area contributed by atoms with E-state index in [-0.39, 0.29) is 48.5 Å². The van der Waals surface area contributed by atoms with Crippen LogP contribution in [0, 0.1) is 18.2 Å². The molecule has 2 aliphatic rings. The van der Waals surface area contributed by atoms with E-state index >= 15 is 4.39 Å². The first-order chi connectivity index (χ1) is 21.1. The van der Waals surface area contributed by atoms with Gasteiger partial charge in [0.2, 0.25) is 12.5 Å². The van der Waals surface area contributed by atoms with Gasteiger partial charge in [-0.2, -0.15) is 4.98 Å². The molecular formula is C31H28ClF3N8O. The summed E-state index contributed by atoms with van der Waals surface area (Å²) in [5.41, 5.74) is 0.300. The summed E-state index contributed by atoms with van der Waals surface area (Å²) < 4.78 is 44.9. The van der Waals surface area contributed by atoms with Gasteiger partial charge in [-0.15, -0.1) is 0 Å². The van der Waals surface area contributed by atoms with Gasteiger partial charge in [-0.05, 0) is 25.5 Å². The summed E-state index contributed by atoms with van der Waals surface area (Å²) in [7, 11) is 3.96. The number of likely N-dealkylation sites (N-methyl/N-ethyl adjacent to an activating group) is 1. The molecule has 0 bridgehead atoms. The lowest BCUT2D eigenvalue weighted by Crippen LogP contribution is -2.58. The number of aromatic nitrogens is 3. The molecule has 0 aliphatic carbocycles. The Balaban J connectivity index is 1.49. The standard InChI is InChI=1S/C31H28ClF3N8O/c1-17(33)30(44)43-11-10-41(14-19(43)12-36-2)29-22-13-37-27(21-7-5-6-18-8-9-23(34)25(32)24(18)21)26(35)28(22)38-31(39-29)42-15-20(16-42)40(3)4/h5-9,13,19-20H,1,10-12,14-16H2,3-4H3/t19-/m0/s1. The molecule has 13 heteroatoms. The Labute approximate surface area is 257 Å². The van der Waals surface area contributed by atoms with E-state index in [1.165, 1.54) is 17.2 Å². The maximum Gasteiger partial charge on any atom is 0.282 e. The average Bonchev–Trinajstić information content (AvgIpc) is 2.98. The quantitative estimate of drug-likeness (QED) is 0.223. The van der Waals surface area contributed by atoms with Gasteiger partial charge in [0.1, 0.15) is 28.9 Å². The molecule has 2 fully saturated rings. The van der Waals surface area contributed by atoms with Gasteiger partial charge in [-0.1, -0.05) is 42.4 Å². The first-order valence-electron chi connectivity index (χ1n) is 14.0. The second-order valence-corrected chi connectivity index (χ2v) is 11.5. The van der Waals surface area contributed by atoms with E-state index in [2.05, 4.69) is 26.3 Å². The van der Waals surface area contributed by atoms with Crippen molar-refractivity contribution in [3.63, 3.8) is 0 Å². The number of fused-ring (bicyclic) bond motifs is 2. The van der Waals surface area contributed by atoms with E-state index in [1.807, 2.05) is 23.9 Å². The molecule has 44 heavy (non-hydrogen) atoms. The maximum absolute atomic E-state index is 16.6. The Bertz CT molecular complexity index is 1860. The monoisotopic (exact) mass is 620 g/mol. The molecular weight excluding hydrogens is 593 g/mol. The predicted octanol–water partition coefficient (Wildman–Crippen LogP) is 4.95. The van der Waals surface area contributed by atoms with Crippen molar-refractivity contribution in [2.24, 2.45) is 0 Å². The van der Waals surface area contributed by atoms with Crippen LogP contribution in [0.3, 0.4) is 0 Å². The molecule has 9 nitrogen and oxygen atoms in total. The predicted molar refractivity (Wildman–Crippen MR) is 164 cm³/mol. The number of nitrogens with zero attached hydrogens (tertiary/aromatic N) is 8. The fourth-order valence-corrected chi connectivity index (χ4v) is 6.06. The van der Waals surface area contributed by atoms with Crippen molar-refractivity contribution in [1.29, 1.82) is 0 Å². The number of pyridine rings is 1. The Morgan fingerprint density at radius 3 is 2.61 bits per heavy atom. The molecule has 0 spiro atoms. The molecule has 4 heterocycles. The number of hydrogen-bond donors (Lipinski definition) is 0. The van der Waals surface area contributed by atoms with Crippen LogP contribution in [0.5, 0.6) is 0 Å². The topological polar surface area (TPSA) is 73.1 Å². The lowest BCUT2D eigenvalue weighted by atomic mass is 10.0. The number of piperazine rings is 1. The van der Waals surface area contributed by atoms with Crippen LogP contribution >= 0.6 is 11.6 Å². The van der Waals surface area contributed by atoms with Crippen molar-refractivity contribution < 1.29 is 18.0 Å². The second-order valence-electron chi connectivity index (χ2n) is 11.2. The van der Waals surface area contributed by atoms with Gasteiger partial charge in [-0.3, -0.25) is 9.78 Å². The first-order valence-corrected chi connectivity index (χ1v) is 14.3. The molecule has 2 aromatic heterocycles. The zero-order chi connectivity index (χ0) is 31.3. The highest BCUT2D eigenvalue weighted by molar-refractivity contribution is 6.36. The lowest BCUT2D eigenvalue weighted by Gasteiger charge is -2.43. The molecule has 1 atom stereocenters. The number of carbonyl (C=O) groups excluding carboxylic acids is 1. The molecule has 0 N–H and O–H groups in total. The highest BCUT2D eigenvalue weighted by Gasteiger charge is 2.36. The summed E-state index contributed by atoms with van der Waals surface area (Å²) in [4.78, 5) is 37.1. The SMILES string of the molecule is [C-]#[N+]C[C@H]1CN(c2nc(N3CC(N(C)C)C3)nc3c(F)c(-c4cccc5ccc(F)c(Cl)c45)ncc23)CCN1C(=O)C(=C)F. The van der Waals surface area contributed by atoms with Gasteiger partial charge >= 0.3 is 0 Å². The number of carbonyl (C=O) groups is 1. The van der Waals surface area contributed by atoms with Crippen molar-refractivity contribution in [2.45, 2.75) is 12.1 Å². The van der Waals surface area contributed by atoms with Crippen molar-refractivity contribution >= 4 is 50.9 Å². The molecule has 2 aliphatic heterocycles. The summed E-state index contributed by atoms with van der Waals surface area (Å²) in [6, 6.07) is 7.58. The number of halogens is 4. The number of hydrogen-bond acceptors (Lipinski definition) is 7. The smallest absolute Gasteiger partial charge is 0.282 e. The molecule has 4 aromatic rings. The number of benzene rings is 2. The Hall–Kier alpha value is -4.47. The second kappa shape index (κ2) is 11.6. The number of amides is 1. The molecule has 6 rings (SSSR count). The molecule has 2 aromatic carbocycles. The summed E-state index contributed by atoms with van der Waals surface area (Å²) in [5, 5.41) is 1.16. The van der Waals surface area contributed by atoms with E-state index in [9.17, 15) is 13.6 Å². The van der Waals surface area contributed by atoms with Crippen molar-refractivity contribution in [1.82, 2.24) is 24.8 Å². The minimum atomic E-state index is -1.09. The number of rotatable bonds is 6. The van der Waals surface area contributed by atoms with Gasteiger partial charge in [0.05, 0.1) is 10.4 Å². The van der Waals surface area contributed by atoms with E-state index in [0.717, 1.165) is 0 Å². The zero-order valence-electron chi connectivity index (χ0n) is 24.1. The Morgan fingerprint density at radius 1 is 1.14 bits per heavy atom. The highest BCUT2D eigenvalue weighted by atomic mass is 35.5. The third-order valence-electron chi connectivity index (χ3n) is 8.30. The van der Waals surface area contributed by atoms with E-state index in [0.29, 0.717) is 46.6 Å². The van der Waals surface area contributed by atoms with E-state index in [4.69, 9.17) is 23.2 Å². The highest BCUT2D eigenvalue weighted by Crippen LogP contribution is 2.39. The minimum Gasteiger partial charge on any atom is -0.352 e. The molecule has 2 saturated heterocycles. The summed E-state index contributed by atoms with van der Waals surface area (Å²) in [6.07, 6.45) is 1.47. The van der Waals surface area contributed by atoms with Crippen LogP contribution in [0.15, 0.2) is 48.9 Å². The van der Waals surface area contributed by atoms with Crippen LogP contribution < -0.4 is 9.80 Å². The van der Waals surface area contributed by atoms with Crippen LogP contribution in [0.25, 0.3) is 37.8 Å². The van der Waals surface area contributed by atoms with Crippen LogP contribution in [0.1, 0.15) is 0 Å². The minimum absolute atomic E-state index is 0.0187. The van der Waals surface area contributed by atoms with Crippen LogP contribution in [-0.4, -0.2) is 96.1 Å². The van der Waals surface area contributed by atoms with Gasteiger partial charge in [0, 0.05) is 55.9 Å². The third-order valence-corrected chi connectivity index (χ3v) is 8.66. The van der Waals surface area contributed by atoms with Gasteiger partial charge in [-0.25, -0.2) is 24.7 Å². The van der Waals surface area contributed by atoms with Gasteiger partial charge < -0.3 is 24.4 Å². The van der Waals surface area contributed by atoms with E-state index in [1.54, 1.807) is 24.3 Å². The molecule has 0 radical (unpaired) electrons. The summed E-state index contributed by atoms with van der Waals surface area (Å²) >= 11 is 6.36. The Kier molecular flexibility index (Phi) is 7.77. The lowest BCUT2D eigenvalue weighted by molar-refractivity contribution is -0.131.